The van der Waals surface area contributed by atoms with Crippen LogP contribution in [-0.4, -0.2) is 40.3 Å². The van der Waals surface area contributed by atoms with Crippen LogP contribution in [0.2, 0.25) is 10.0 Å². The van der Waals surface area contributed by atoms with Crippen molar-refractivity contribution < 1.29 is 17.6 Å². The fraction of sp³-hybridized carbons (Fsp3) is 0.350. The Hall–Kier alpha value is -2.63. The number of hydrogen-bond acceptors (Lipinski definition) is 6. The number of nitrogens with one attached hydrogen (secondary N) is 1. The van der Waals surface area contributed by atoms with Gasteiger partial charge in [0.05, 0.1) is 26.9 Å². The lowest BCUT2D eigenvalue weighted by Crippen LogP contribution is -2.50. The molecular formula is C20H18Cl2F4N6O. The SMILES string of the molecule is Cc1nc(N2CCNC[C@@H]2C)c2cc(C(F)(F)F)c(-c3c(N)c(Cl)cc(Cl)c3F)c(=O)n2n1. The molecule has 176 valence electrons. The first-order valence-corrected chi connectivity index (χ1v) is 10.6. The number of piperazine rings is 1. The molecule has 4 rings (SSSR count). The molecule has 1 fully saturated rings. The van der Waals surface area contributed by atoms with Crippen molar-refractivity contribution in [2.45, 2.75) is 26.1 Å². The zero-order valence-electron chi connectivity index (χ0n) is 17.4. The normalized spacial score (nSPS) is 17.1. The summed E-state index contributed by atoms with van der Waals surface area (Å²) < 4.78 is 58.3. The number of rotatable bonds is 2. The van der Waals surface area contributed by atoms with E-state index >= 15 is 0 Å². The number of halogens is 6. The second kappa shape index (κ2) is 8.30. The van der Waals surface area contributed by atoms with E-state index in [0.29, 0.717) is 19.6 Å². The smallest absolute Gasteiger partial charge is 0.397 e. The van der Waals surface area contributed by atoms with Gasteiger partial charge in [0.25, 0.3) is 5.56 Å². The van der Waals surface area contributed by atoms with Crippen molar-refractivity contribution in [2.24, 2.45) is 0 Å². The van der Waals surface area contributed by atoms with Gasteiger partial charge in [-0.15, -0.1) is 5.10 Å². The van der Waals surface area contributed by atoms with E-state index in [9.17, 15) is 22.4 Å². The molecule has 3 heterocycles. The van der Waals surface area contributed by atoms with E-state index in [-0.39, 0.29) is 28.2 Å². The molecule has 0 radical (unpaired) electrons. The Morgan fingerprint density at radius 3 is 2.55 bits per heavy atom. The van der Waals surface area contributed by atoms with Gasteiger partial charge in [-0.2, -0.15) is 17.7 Å². The van der Waals surface area contributed by atoms with E-state index in [2.05, 4.69) is 15.4 Å². The molecule has 13 heteroatoms. The van der Waals surface area contributed by atoms with Crippen LogP contribution in [0.5, 0.6) is 0 Å². The van der Waals surface area contributed by atoms with E-state index in [4.69, 9.17) is 28.9 Å². The first-order chi connectivity index (χ1) is 15.4. The van der Waals surface area contributed by atoms with Gasteiger partial charge in [0.1, 0.15) is 11.3 Å². The summed E-state index contributed by atoms with van der Waals surface area (Å²) in [6.45, 7) is 4.99. The number of nitrogens with two attached hydrogens (primary N) is 1. The van der Waals surface area contributed by atoms with Crippen LogP contribution in [0.3, 0.4) is 0 Å². The third-order valence-electron chi connectivity index (χ3n) is 5.46. The molecule has 0 aliphatic carbocycles. The summed E-state index contributed by atoms with van der Waals surface area (Å²) in [5, 5.41) is 6.35. The van der Waals surface area contributed by atoms with Crippen molar-refractivity contribution in [1.29, 1.82) is 0 Å². The molecule has 1 aliphatic rings. The highest BCUT2D eigenvalue weighted by Crippen LogP contribution is 2.43. The van der Waals surface area contributed by atoms with Gasteiger partial charge in [0.15, 0.2) is 11.6 Å². The molecule has 0 bridgehead atoms. The van der Waals surface area contributed by atoms with E-state index < -0.39 is 45.0 Å². The minimum absolute atomic E-state index is 0.110. The minimum Gasteiger partial charge on any atom is -0.397 e. The molecule has 1 aromatic carbocycles. The van der Waals surface area contributed by atoms with Gasteiger partial charge in [0, 0.05) is 31.2 Å². The fourth-order valence-electron chi connectivity index (χ4n) is 3.92. The van der Waals surface area contributed by atoms with Crippen LogP contribution in [0.25, 0.3) is 16.6 Å². The number of pyridine rings is 1. The van der Waals surface area contributed by atoms with E-state index in [1.807, 2.05) is 6.92 Å². The van der Waals surface area contributed by atoms with Gasteiger partial charge in [-0.05, 0) is 26.0 Å². The molecule has 0 spiro atoms. The molecular weight excluding hydrogens is 487 g/mol. The zero-order chi connectivity index (χ0) is 24.2. The van der Waals surface area contributed by atoms with Gasteiger partial charge in [0.2, 0.25) is 0 Å². The number of aromatic nitrogens is 3. The van der Waals surface area contributed by atoms with Crippen molar-refractivity contribution in [3.8, 4) is 11.1 Å². The highest BCUT2D eigenvalue weighted by Gasteiger charge is 2.39. The maximum Gasteiger partial charge on any atom is 0.417 e. The minimum atomic E-state index is -5.03. The summed E-state index contributed by atoms with van der Waals surface area (Å²) in [6.07, 6.45) is -5.03. The van der Waals surface area contributed by atoms with Crippen LogP contribution < -0.4 is 21.5 Å². The van der Waals surface area contributed by atoms with Crippen LogP contribution in [-0.2, 0) is 6.18 Å². The van der Waals surface area contributed by atoms with Crippen LogP contribution in [0.4, 0.5) is 29.1 Å². The second-order valence-corrected chi connectivity index (χ2v) is 8.52. The summed E-state index contributed by atoms with van der Waals surface area (Å²) >= 11 is 11.7. The number of aryl methyl sites for hydroxylation is 1. The van der Waals surface area contributed by atoms with E-state index in [1.165, 1.54) is 6.92 Å². The lowest BCUT2D eigenvalue weighted by molar-refractivity contribution is -0.137. The molecule has 3 aromatic rings. The summed E-state index contributed by atoms with van der Waals surface area (Å²) in [6, 6.07) is 1.58. The summed E-state index contributed by atoms with van der Waals surface area (Å²) in [4.78, 5) is 19.5. The highest BCUT2D eigenvalue weighted by molar-refractivity contribution is 6.37. The first kappa shape index (κ1) is 23.5. The average Bonchev–Trinajstić information content (AvgIpc) is 2.73. The zero-order valence-corrected chi connectivity index (χ0v) is 18.9. The predicted molar refractivity (Wildman–Crippen MR) is 119 cm³/mol. The average molecular weight is 505 g/mol. The molecule has 33 heavy (non-hydrogen) atoms. The van der Waals surface area contributed by atoms with E-state index in [1.54, 1.807) is 4.90 Å². The first-order valence-electron chi connectivity index (χ1n) is 9.84. The number of fused-ring (bicyclic) bond motifs is 1. The number of anilines is 2. The maximum absolute atomic E-state index is 14.9. The molecule has 0 saturated carbocycles. The van der Waals surface area contributed by atoms with Crippen LogP contribution in [0.15, 0.2) is 16.9 Å². The number of nitrogens with zero attached hydrogens (tertiary/aromatic N) is 4. The number of hydrogen-bond donors (Lipinski definition) is 2. The Morgan fingerprint density at radius 1 is 1.21 bits per heavy atom. The highest BCUT2D eigenvalue weighted by atomic mass is 35.5. The molecule has 1 aliphatic heterocycles. The topological polar surface area (TPSA) is 88.5 Å². The Kier molecular flexibility index (Phi) is 5.92. The number of alkyl halides is 3. The van der Waals surface area contributed by atoms with Gasteiger partial charge in [-0.25, -0.2) is 9.37 Å². The fourth-order valence-corrected chi connectivity index (χ4v) is 4.39. The molecule has 0 amide bonds. The predicted octanol–water partition coefficient (Wildman–Crippen LogP) is 3.91. The summed E-state index contributed by atoms with van der Waals surface area (Å²) in [7, 11) is 0. The molecule has 1 atom stereocenters. The molecule has 0 unspecified atom stereocenters. The van der Waals surface area contributed by atoms with Crippen molar-refractivity contribution in [3.05, 3.63) is 49.7 Å². The molecule has 7 nitrogen and oxygen atoms in total. The lowest BCUT2D eigenvalue weighted by Gasteiger charge is -2.35. The molecule has 1 saturated heterocycles. The van der Waals surface area contributed by atoms with Crippen LogP contribution in [0.1, 0.15) is 18.3 Å². The summed E-state index contributed by atoms with van der Waals surface area (Å²) in [5.41, 5.74) is 0.631. The maximum atomic E-state index is 14.9. The molecule has 3 N–H and O–H groups in total. The lowest BCUT2D eigenvalue weighted by atomic mass is 9.98. The van der Waals surface area contributed by atoms with Gasteiger partial charge in [-0.3, -0.25) is 4.79 Å². The quantitative estimate of drug-likeness (QED) is 0.312. The third-order valence-corrected chi connectivity index (χ3v) is 6.05. The van der Waals surface area contributed by atoms with Crippen molar-refractivity contribution in [1.82, 2.24) is 19.9 Å². The van der Waals surface area contributed by atoms with Crippen LogP contribution >= 0.6 is 23.2 Å². The Labute approximate surface area is 195 Å². The largest absolute Gasteiger partial charge is 0.417 e. The van der Waals surface area contributed by atoms with Gasteiger partial charge < -0.3 is 16.0 Å². The van der Waals surface area contributed by atoms with Gasteiger partial charge >= 0.3 is 6.18 Å². The van der Waals surface area contributed by atoms with E-state index in [0.717, 1.165) is 16.6 Å². The Bertz CT molecular complexity index is 1300. The second-order valence-electron chi connectivity index (χ2n) is 7.71. The van der Waals surface area contributed by atoms with Crippen LogP contribution in [0, 0.1) is 12.7 Å². The van der Waals surface area contributed by atoms with Gasteiger partial charge in [-0.1, -0.05) is 23.2 Å². The monoisotopic (exact) mass is 504 g/mol. The third kappa shape index (κ3) is 3.98. The van der Waals surface area contributed by atoms with Crippen molar-refractivity contribution in [3.63, 3.8) is 0 Å². The standard InChI is InChI=1S/C20H18Cl2F4N6O/c1-8-7-28-3-4-31(8)18-13-5-10(20(24,25)26)14(19(33)32(13)30-9(2)29-18)15-16(23)11(21)6-12(22)17(15)27/h5-6,8,28H,3-4,7,27H2,1-2H3/t8-/m0/s1. The van der Waals surface area contributed by atoms with Crippen molar-refractivity contribution >= 4 is 40.2 Å². The molecule has 2 aromatic heterocycles. The number of nitrogen functional groups attached to an aromatic ring is 1. The number of benzene rings is 1. The summed E-state index contributed by atoms with van der Waals surface area (Å²) in [5.74, 6) is -0.973. The van der Waals surface area contributed by atoms with Crippen molar-refractivity contribution in [2.75, 3.05) is 30.3 Å². The Balaban J connectivity index is 2.15. The Morgan fingerprint density at radius 2 is 1.91 bits per heavy atom.